The van der Waals surface area contributed by atoms with Crippen LogP contribution in [0, 0.1) is 13.8 Å². The normalized spacial score (nSPS) is 13.4. The van der Waals surface area contributed by atoms with Crippen molar-refractivity contribution in [1.29, 1.82) is 0 Å². The summed E-state index contributed by atoms with van der Waals surface area (Å²) in [6.07, 6.45) is 0.747. The lowest BCUT2D eigenvalue weighted by molar-refractivity contribution is 0.194. The van der Waals surface area contributed by atoms with Gasteiger partial charge in [0.2, 0.25) is 0 Å². The van der Waals surface area contributed by atoms with Gasteiger partial charge < -0.3 is 24.6 Å². The van der Waals surface area contributed by atoms with Gasteiger partial charge in [0, 0.05) is 38.4 Å². The molecule has 0 saturated carbocycles. The van der Waals surface area contributed by atoms with Gasteiger partial charge in [0.15, 0.2) is 11.5 Å². The zero-order chi connectivity index (χ0) is 21.5. The quantitative estimate of drug-likeness (QED) is 0.690. The topological polar surface area (TPSA) is 54.0 Å². The van der Waals surface area contributed by atoms with Gasteiger partial charge in [-0.1, -0.05) is 18.2 Å². The number of carbonyl (C=O) groups excluding carboxylic acids is 1. The van der Waals surface area contributed by atoms with E-state index in [1.54, 1.807) is 7.11 Å². The number of piperazine rings is 1. The second-order valence-electron chi connectivity index (χ2n) is 7.59. The Balaban J connectivity index is 0.00000341. The molecule has 1 saturated heterocycles. The number of urea groups is 1. The van der Waals surface area contributed by atoms with Crippen LogP contribution in [0.4, 0.5) is 10.5 Å². The van der Waals surface area contributed by atoms with Gasteiger partial charge in [-0.25, -0.2) is 4.79 Å². The van der Waals surface area contributed by atoms with Crippen LogP contribution in [0.15, 0.2) is 36.4 Å². The Bertz CT molecular complexity index is 867. The highest BCUT2D eigenvalue weighted by atomic mass is 35.5. The summed E-state index contributed by atoms with van der Waals surface area (Å²) in [5.74, 6) is 1.47. The molecule has 0 spiro atoms. The first-order valence-electron chi connectivity index (χ1n) is 10.7. The number of rotatable bonds is 7. The molecule has 0 atom stereocenters. The first kappa shape index (κ1) is 24.7. The van der Waals surface area contributed by atoms with Crippen LogP contribution in [-0.2, 0) is 6.42 Å². The average molecular weight is 448 g/mol. The fourth-order valence-corrected chi connectivity index (χ4v) is 3.80. The fraction of sp³-hybridized carbons (Fsp3) is 0.458. The number of nitrogens with zero attached hydrogens (tertiary/aromatic N) is 2. The third kappa shape index (κ3) is 6.20. The third-order valence-electron chi connectivity index (χ3n) is 5.70. The molecule has 3 rings (SSSR count). The molecular formula is C24H34ClN3O3. The summed E-state index contributed by atoms with van der Waals surface area (Å²) in [6.45, 7) is 10.6. The van der Waals surface area contributed by atoms with Crippen molar-refractivity contribution in [1.82, 2.24) is 10.2 Å². The molecule has 2 aromatic rings. The average Bonchev–Trinajstić information content (AvgIpc) is 2.77. The van der Waals surface area contributed by atoms with Crippen LogP contribution in [0.3, 0.4) is 0 Å². The lowest BCUT2D eigenvalue weighted by Gasteiger charge is -2.37. The van der Waals surface area contributed by atoms with E-state index in [1.165, 1.54) is 16.8 Å². The first-order valence-corrected chi connectivity index (χ1v) is 10.7. The van der Waals surface area contributed by atoms with Crippen LogP contribution in [0.2, 0.25) is 0 Å². The molecule has 170 valence electrons. The summed E-state index contributed by atoms with van der Waals surface area (Å²) in [4.78, 5) is 16.8. The van der Waals surface area contributed by atoms with Gasteiger partial charge in [-0.3, -0.25) is 0 Å². The number of hydrogen-bond acceptors (Lipinski definition) is 4. The van der Waals surface area contributed by atoms with E-state index in [0.29, 0.717) is 13.2 Å². The standard InChI is InChI=1S/C24H33N3O3.ClH/c1-5-30-22-10-9-20(17-23(22)29-4)11-12-25-24(28)27-15-13-26(14-16-27)21-8-6-7-18(2)19(21)3;/h6-10,17H,5,11-16H2,1-4H3,(H,25,28);1H. The van der Waals surface area contributed by atoms with Gasteiger partial charge in [-0.05, 0) is 62.1 Å². The molecule has 0 radical (unpaired) electrons. The highest BCUT2D eigenvalue weighted by Crippen LogP contribution is 2.28. The smallest absolute Gasteiger partial charge is 0.317 e. The van der Waals surface area contributed by atoms with E-state index < -0.39 is 0 Å². The number of amides is 2. The van der Waals surface area contributed by atoms with E-state index in [0.717, 1.165) is 49.7 Å². The predicted molar refractivity (Wildman–Crippen MR) is 128 cm³/mol. The van der Waals surface area contributed by atoms with Crippen molar-refractivity contribution in [3.05, 3.63) is 53.1 Å². The van der Waals surface area contributed by atoms with Gasteiger partial charge in [0.1, 0.15) is 0 Å². The summed E-state index contributed by atoms with van der Waals surface area (Å²) in [7, 11) is 1.64. The van der Waals surface area contributed by atoms with E-state index in [-0.39, 0.29) is 18.4 Å². The van der Waals surface area contributed by atoms with Crippen molar-refractivity contribution >= 4 is 24.1 Å². The lowest BCUT2D eigenvalue weighted by atomic mass is 10.1. The summed E-state index contributed by atoms with van der Waals surface area (Å²) in [6, 6.07) is 12.3. The van der Waals surface area contributed by atoms with Crippen LogP contribution in [0.25, 0.3) is 0 Å². The second kappa shape index (κ2) is 11.7. The zero-order valence-electron chi connectivity index (χ0n) is 18.9. The highest BCUT2D eigenvalue weighted by molar-refractivity contribution is 5.85. The first-order chi connectivity index (χ1) is 14.5. The van der Waals surface area contributed by atoms with Crippen molar-refractivity contribution in [3.63, 3.8) is 0 Å². The Labute approximate surface area is 191 Å². The number of anilines is 1. The van der Waals surface area contributed by atoms with E-state index in [4.69, 9.17) is 9.47 Å². The Morgan fingerprint density at radius 1 is 1.06 bits per heavy atom. The van der Waals surface area contributed by atoms with Gasteiger partial charge >= 0.3 is 6.03 Å². The lowest BCUT2D eigenvalue weighted by Crippen LogP contribution is -2.52. The molecule has 1 heterocycles. The van der Waals surface area contributed by atoms with Gasteiger partial charge in [-0.2, -0.15) is 0 Å². The van der Waals surface area contributed by atoms with Crippen LogP contribution in [0.1, 0.15) is 23.6 Å². The van der Waals surface area contributed by atoms with Crippen LogP contribution < -0.4 is 19.7 Å². The van der Waals surface area contributed by atoms with Crippen molar-refractivity contribution in [3.8, 4) is 11.5 Å². The number of methoxy groups -OCH3 is 1. The number of carbonyl (C=O) groups is 1. The molecule has 7 heteroatoms. The number of hydrogen-bond donors (Lipinski definition) is 1. The number of halogens is 1. The second-order valence-corrected chi connectivity index (χ2v) is 7.59. The SMILES string of the molecule is CCOc1ccc(CCNC(=O)N2CCN(c3cccc(C)c3C)CC2)cc1OC.Cl. The molecule has 1 aliphatic heterocycles. The molecule has 6 nitrogen and oxygen atoms in total. The van der Waals surface area contributed by atoms with Crippen molar-refractivity contribution in [2.75, 3.05) is 51.3 Å². The van der Waals surface area contributed by atoms with Crippen LogP contribution >= 0.6 is 12.4 Å². The molecule has 1 aliphatic rings. The number of nitrogens with one attached hydrogen (secondary N) is 1. The zero-order valence-corrected chi connectivity index (χ0v) is 19.8. The van der Waals surface area contributed by atoms with E-state index in [1.807, 2.05) is 30.0 Å². The Morgan fingerprint density at radius 3 is 2.48 bits per heavy atom. The molecule has 0 bridgehead atoms. The highest BCUT2D eigenvalue weighted by Gasteiger charge is 2.22. The van der Waals surface area contributed by atoms with Crippen molar-refractivity contribution < 1.29 is 14.3 Å². The molecule has 31 heavy (non-hydrogen) atoms. The van der Waals surface area contributed by atoms with Gasteiger partial charge in [0.25, 0.3) is 0 Å². The number of ether oxygens (including phenoxy) is 2. The van der Waals surface area contributed by atoms with E-state index >= 15 is 0 Å². The maximum absolute atomic E-state index is 12.6. The van der Waals surface area contributed by atoms with Crippen molar-refractivity contribution in [2.24, 2.45) is 0 Å². The molecule has 1 N–H and O–H groups in total. The Hall–Kier alpha value is -2.60. The molecule has 0 unspecified atom stereocenters. The van der Waals surface area contributed by atoms with Gasteiger partial charge in [-0.15, -0.1) is 12.4 Å². The van der Waals surface area contributed by atoms with Crippen molar-refractivity contribution in [2.45, 2.75) is 27.2 Å². The minimum absolute atomic E-state index is 0. The summed E-state index contributed by atoms with van der Waals surface area (Å²) >= 11 is 0. The molecule has 0 aromatic heterocycles. The fourth-order valence-electron chi connectivity index (χ4n) is 3.80. The number of aryl methyl sites for hydroxylation is 1. The van der Waals surface area contributed by atoms with Crippen LogP contribution in [-0.4, -0.2) is 57.4 Å². The largest absolute Gasteiger partial charge is 0.493 e. The third-order valence-corrected chi connectivity index (χ3v) is 5.70. The van der Waals surface area contributed by atoms with Gasteiger partial charge in [0.05, 0.1) is 13.7 Å². The number of benzene rings is 2. The summed E-state index contributed by atoms with van der Waals surface area (Å²) < 4.78 is 11.0. The summed E-state index contributed by atoms with van der Waals surface area (Å²) in [5.41, 5.74) is 5.01. The maximum atomic E-state index is 12.6. The Morgan fingerprint density at radius 2 is 1.81 bits per heavy atom. The van der Waals surface area contributed by atoms with Crippen LogP contribution in [0.5, 0.6) is 11.5 Å². The molecule has 2 amide bonds. The molecular weight excluding hydrogens is 414 g/mol. The Kier molecular flexibility index (Phi) is 9.31. The molecule has 0 aliphatic carbocycles. The predicted octanol–water partition coefficient (Wildman–Crippen LogP) is 4.21. The van der Waals surface area contributed by atoms with E-state index in [9.17, 15) is 4.79 Å². The summed E-state index contributed by atoms with van der Waals surface area (Å²) in [5, 5.41) is 3.05. The maximum Gasteiger partial charge on any atom is 0.317 e. The molecule has 1 fully saturated rings. The minimum Gasteiger partial charge on any atom is -0.493 e. The van der Waals surface area contributed by atoms with E-state index in [2.05, 4.69) is 42.3 Å². The monoisotopic (exact) mass is 447 g/mol. The molecule has 2 aromatic carbocycles. The minimum atomic E-state index is 0.